The molecule has 0 bridgehead atoms. The third kappa shape index (κ3) is 2.41. The Balaban J connectivity index is 1.85. The van der Waals surface area contributed by atoms with Gasteiger partial charge < -0.3 is 9.47 Å². The molecule has 0 spiro atoms. The van der Waals surface area contributed by atoms with Crippen molar-refractivity contribution >= 4 is 23.9 Å². The number of carbonyl (C=O) groups is 4. The van der Waals surface area contributed by atoms with Gasteiger partial charge in [0.2, 0.25) is 0 Å². The van der Waals surface area contributed by atoms with Crippen molar-refractivity contribution < 1.29 is 41.8 Å². The quantitative estimate of drug-likeness (QED) is 0.557. The maximum atomic E-state index is 13.1. The van der Waals surface area contributed by atoms with Gasteiger partial charge in [-0.25, -0.2) is 0 Å². The number of carbonyl (C=O) groups excluding carboxylic acids is 4. The predicted octanol–water partition coefficient (Wildman–Crippen LogP) is 2.07. The molecular weight excluding hydrogens is 357 g/mol. The van der Waals surface area contributed by atoms with Gasteiger partial charge in [0.05, 0.1) is 29.7 Å². The SMILES string of the molecule is O=C1CC(C2CC3C(=O)OC(=O)C3c3cc(C(F)(F)F)ccc32)C(=O)O1. The molecule has 0 N–H and O–H groups in total. The van der Waals surface area contributed by atoms with E-state index < -0.39 is 59.3 Å². The van der Waals surface area contributed by atoms with Gasteiger partial charge in [-0.1, -0.05) is 6.07 Å². The zero-order chi connectivity index (χ0) is 18.8. The Hall–Kier alpha value is -2.71. The number of fused-ring (bicyclic) bond motifs is 3. The van der Waals surface area contributed by atoms with Crippen molar-refractivity contribution in [2.24, 2.45) is 11.8 Å². The summed E-state index contributed by atoms with van der Waals surface area (Å²) in [7, 11) is 0. The molecule has 136 valence electrons. The summed E-state index contributed by atoms with van der Waals surface area (Å²) < 4.78 is 48.4. The zero-order valence-corrected chi connectivity index (χ0v) is 13.0. The van der Waals surface area contributed by atoms with Crippen LogP contribution in [0.2, 0.25) is 0 Å². The highest BCUT2D eigenvalue weighted by atomic mass is 19.4. The lowest BCUT2D eigenvalue weighted by Crippen LogP contribution is -2.31. The highest BCUT2D eigenvalue weighted by molar-refractivity contribution is 6.01. The maximum Gasteiger partial charge on any atom is 0.416 e. The molecule has 3 aliphatic rings. The second-order valence-electron chi connectivity index (χ2n) is 6.61. The van der Waals surface area contributed by atoms with E-state index in [0.29, 0.717) is 5.56 Å². The summed E-state index contributed by atoms with van der Waals surface area (Å²) >= 11 is 0. The molecule has 26 heavy (non-hydrogen) atoms. The van der Waals surface area contributed by atoms with E-state index in [1.54, 1.807) is 0 Å². The third-order valence-corrected chi connectivity index (χ3v) is 5.21. The monoisotopic (exact) mass is 368 g/mol. The van der Waals surface area contributed by atoms with Crippen LogP contribution in [0.5, 0.6) is 0 Å². The molecule has 0 aromatic heterocycles. The molecule has 4 atom stereocenters. The van der Waals surface area contributed by atoms with E-state index >= 15 is 0 Å². The molecule has 6 nitrogen and oxygen atoms in total. The van der Waals surface area contributed by atoms with Crippen molar-refractivity contribution in [3.8, 4) is 0 Å². The van der Waals surface area contributed by atoms with Crippen molar-refractivity contribution in [1.82, 2.24) is 0 Å². The van der Waals surface area contributed by atoms with Gasteiger partial charge >= 0.3 is 30.1 Å². The summed E-state index contributed by atoms with van der Waals surface area (Å²) in [5, 5.41) is 0. The number of cyclic esters (lactones) is 4. The topological polar surface area (TPSA) is 86.7 Å². The van der Waals surface area contributed by atoms with Gasteiger partial charge in [-0.15, -0.1) is 0 Å². The number of alkyl halides is 3. The first kappa shape index (κ1) is 16.7. The minimum absolute atomic E-state index is 0.0177. The first-order chi connectivity index (χ1) is 12.2. The van der Waals surface area contributed by atoms with Crippen molar-refractivity contribution in [2.45, 2.75) is 30.9 Å². The highest BCUT2D eigenvalue weighted by Gasteiger charge is 2.54. The fraction of sp³-hybridized carbons (Fsp3) is 0.412. The van der Waals surface area contributed by atoms with Crippen LogP contribution in [0.3, 0.4) is 0 Å². The molecule has 1 aromatic carbocycles. The van der Waals surface area contributed by atoms with Crippen LogP contribution in [0, 0.1) is 11.8 Å². The second-order valence-corrected chi connectivity index (χ2v) is 6.61. The Morgan fingerprint density at radius 2 is 1.54 bits per heavy atom. The van der Waals surface area contributed by atoms with E-state index in [2.05, 4.69) is 9.47 Å². The van der Waals surface area contributed by atoms with Gasteiger partial charge in [0.25, 0.3) is 0 Å². The van der Waals surface area contributed by atoms with E-state index in [0.717, 1.165) is 12.1 Å². The average Bonchev–Trinajstić information content (AvgIpc) is 3.03. The number of hydrogen-bond donors (Lipinski definition) is 0. The number of rotatable bonds is 1. The van der Waals surface area contributed by atoms with E-state index in [9.17, 15) is 32.3 Å². The van der Waals surface area contributed by atoms with Crippen LogP contribution in [0.15, 0.2) is 18.2 Å². The van der Waals surface area contributed by atoms with E-state index in [1.807, 2.05) is 0 Å². The lowest BCUT2D eigenvalue weighted by atomic mass is 9.66. The highest BCUT2D eigenvalue weighted by Crippen LogP contribution is 2.51. The van der Waals surface area contributed by atoms with Crippen LogP contribution in [-0.4, -0.2) is 23.9 Å². The van der Waals surface area contributed by atoms with E-state index in [-0.39, 0.29) is 18.4 Å². The fourth-order valence-corrected chi connectivity index (χ4v) is 4.05. The molecule has 0 saturated carbocycles. The van der Waals surface area contributed by atoms with E-state index in [4.69, 9.17) is 0 Å². The number of ether oxygens (including phenoxy) is 2. The van der Waals surface area contributed by atoms with Crippen LogP contribution in [0.1, 0.15) is 41.4 Å². The minimum atomic E-state index is -4.63. The maximum absolute atomic E-state index is 13.1. The van der Waals surface area contributed by atoms with Crippen LogP contribution < -0.4 is 0 Å². The molecule has 4 rings (SSSR count). The van der Waals surface area contributed by atoms with Crippen LogP contribution >= 0.6 is 0 Å². The lowest BCUT2D eigenvalue weighted by Gasteiger charge is -2.33. The summed E-state index contributed by atoms with van der Waals surface area (Å²) in [6, 6.07) is 2.88. The van der Waals surface area contributed by atoms with Crippen LogP contribution in [-0.2, 0) is 34.8 Å². The van der Waals surface area contributed by atoms with Crippen molar-refractivity contribution in [2.75, 3.05) is 0 Å². The summed E-state index contributed by atoms with van der Waals surface area (Å²) in [6.45, 7) is 0. The minimum Gasteiger partial charge on any atom is -0.393 e. The lowest BCUT2D eigenvalue weighted by molar-refractivity contribution is -0.155. The van der Waals surface area contributed by atoms with Crippen molar-refractivity contribution in [3.05, 3.63) is 34.9 Å². The third-order valence-electron chi connectivity index (χ3n) is 5.21. The molecule has 2 heterocycles. The Labute approximate surface area is 144 Å². The normalized spacial score (nSPS) is 30.7. The van der Waals surface area contributed by atoms with Gasteiger partial charge in [-0.2, -0.15) is 13.2 Å². The van der Waals surface area contributed by atoms with Crippen molar-refractivity contribution in [1.29, 1.82) is 0 Å². The average molecular weight is 368 g/mol. The zero-order valence-electron chi connectivity index (χ0n) is 13.0. The van der Waals surface area contributed by atoms with Gasteiger partial charge in [-0.3, -0.25) is 19.2 Å². The summed E-state index contributed by atoms with van der Waals surface area (Å²) in [4.78, 5) is 47.3. The Morgan fingerprint density at radius 3 is 2.15 bits per heavy atom. The van der Waals surface area contributed by atoms with Gasteiger partial charge in [0, 0.05) is 0 Å². The molecule has 1 aromatic rings. The van der Waals surface area contributed by atoms with Gasteiger partial charge in [-0.05, 0) is 35.6 Å². The molecule has 1 aliphatic carbocycles. The predicted molar refractivity (Wildman–Crippen MR) is 75.3 cm³/mol. The molecule has 2 saturated heterocycles. The second kappa shape index (κ2) is 5.39. The van der Waals surface area contributed by atoms with Crippen molar-refractivity contribution in [3.63, 3.8) is 0 Å². The largest absolute Gasteiger partial charge is 0.416 e. The number of hydrogen-bond acceptors (Lipinski definition) is 6. The molecule has 0 radical (unpaired) electrons. The Morgan fingerprint density at radius 1 is 0.846 bits per heavy atom. The molecule has 0 amide bonds. The summed E-state index contributed by atoms with van der Waals surface area (Å²) in [5.74, 6) is -6.94. The van der Waals surface area contributed by atoms with Gasteiger partial charge in [0.15, 0.2) is 0 Å². The van der Waals surface area contributed by atoms with Crippen LogP contribution in [0.4, 0.5) is 13.2 Å². The number of benzene rings is 1. The number of esters is 4. The standard InChI is InChI=1S/C17H11F3O6/c18-17(19,20)6-1-2-7-8(10-5-12(21)25-14(10)22)4-11-13(9(7)3-6)16(24)26-15(11)23/h1-3,8,10-11,13H,4-5H2. The van der Waals surface area contributed by atoms with E-state index in [1.165, 1.54) is 6.07 Å². The summed E-state index contributed by atoms with van der Waals surface area (Å²) in [5.41, 5.74) is -0.612. The molecule has 2 fully saturated rings. The molecule has 9 heteroatoms. The fourth-order valence-electron chi connectivity index (χ4n) is 4.05. The Bertz CT molecular complexity index is 859. The Kier molecular flexibility index (Phi) is 3.47. The molecular formula is C17H11F3O6. The van der Waals surface area contributed by atoms with Crippen LogP contribution in [0.25, 0.3) is 0 Å². The first-order valence-corrected chi connectivity index (χ1v) is 7.88. The summed E-state index contributed by atoms with van der Waals surface area (Å²) in [6.07, 6.45) is -4.82. The first-order valence-electron chi connectivity index (χ1n) is 7.88. The van der Waals surface area contributed by atoms with Gasteiger partial charge in [0.1, 0.15) is 0 Å². The smallest absolute Gasteiger partial charge is 0.393 e. The number of halogens is 3. The molecule has 2 aliphatic heterocycles. The molecule has 4 unspecified atom stereocenters.